The number of rotatable bonds is 11. The molecule has 0 aromatic rings. The monoisotopic (exact) mass is 257 g/mol. The van der Waals surface area contributed by atoms with Gasteiger partial charge in [0.2, 0.25) is 0 Å². The van der Waals surface area contributed by atoms with Crippen LogP contribution in [0.1, 0.15) is 51.9 Å². The molecule has 4 heteroatoms. The largest absolute Gasteiger partial charge is 0.468 e. The van der Waals surface area contributed by atoms with E-state index in [9.17, 15) is 4.79 Å². The zero-order valence-electron chi connectivity index (χ0n) is 11.7. The first kappa shape index (κ1) is 15.4. The predicted molar refractivity (Wildman–Crippen MR) is 71.5 cm³/mol. The van der Waals surface area contributed by atoms with Crippen LogP contribution in [0.5, 0.6) is 0 Å². The minimum atomic E-state index is -0.196. The first-order chi connectivity index (χ1) is 8.77. The molecular weight excluding hydrogens is 230 g/mol. The van der Waals surface area contributed by atoms with Crippen LogP contribution in [0, 0.1) is 0 Å². The number of unbranched alkanes of at least 4 members (excludes halogenated alkanes) is 3. The van der Waals surface area contributed by atoms with E-state index in [1.807, 2.05) is 0 Å². The maximum atomic E-state index is 11.5. The van der Waals surface area contributed by atoms with Crippen LogP contribution in [0.2, 0.25) is 0 Å². The minimum Gasteiger partial charge on any atom is -0.468 e. The third kappa shape index (κ3) is 6.97. The van der Waals surface area contributed by atoms with E-state index in [1.54, 1.807) is 0 Å². The molecule has 0 saturated heterocycles. The van der Waals surface area contributed by atoms with Gasteiger partial charge in [0.25, 0.3) is 0 Å². The molecule has 0 heterocycles. The SMILES string of the molecule is CCCCCCOCCC(NC1CC1)C(=O)OC. The number of carbonyl (C=O) groups excluding carboxylic acids is 1. The van der Waals surface area contributed by atoms with Gasteiger partial charge in [-0.15, -0.1) is 0 Å². The van der Waals surface area contributed by atoms with E-state index in [0.717, 1.165) is 13.0 Å². The summed E-state index contributed by atoms with van der Waals surface area (Å²) in [6, 6.07) is 0.316. The van der Waals surface area contributed by atoms with Crippen LogP contribution in [0.3, 0.4) is 0 Å². The van der Waals surface area contributed by atoms with E-state index in [2.05, 4.69) is 12.2 Å². The number of carbonyl (C=O) groups is 1. The van der Waals surface area contributed by atoms with Crippen LogP contribution in [-0.4, -0.2) is 38.4 Å². The fourth-order valence-electron chi connectivity index (χ4n) is 1.88. The molecule has 1 unspecified atom stereocenters. The molecule has 1 aliphatic rings. The third-order valence-electron chi connectivity index (χ3n) is 3.19. The summed E-state index contributed by atoms with van der Waals surface area (Å²) in [5.41, 5.74) is 0. The van der Waals surface area contributed by atoms with Gasteiger partial charge in [-0.25, -0.2) is 0 Å². The average Bonchev–Trinajstić information content (AvgIpc) is 3.19. The average molecular weight is 257 g/mol. The summed E-state index contributed by atoms with van der Waals surface area (Å²) in [4.78, 5) is 11.5. The van der Waals surface area contributed by atoms with Crippen molar-refractivity contribution in [3.05, 3.63) is 0 Å². The van der Waals surface area contributed by atoms with E-state index < -0.39 is 0 Å². The first-order valence-corrected chi connectivity index (χ1v) is 7.19. The standard InChI is InChI=1S/C14H27NO3/c1-3-4-5-6-10-18-11-9-13(14(16)17-2)15-12-7-8-12/h12-13,15H,3-11H2,1-2H3. The van der Waals surface area contributed by atoms with Crippen molar-refractivity contribution in [2.24, 2.45) is 0 Å². The van der Waals surface area contributed by atoms with Gasteiger partial charge >= 0.3 is 5.97 Å². The fraction of sp³-hybridized carbons (Fsp3) is 0.929. The molecule has 0 radical (unpaired) electrons. The van der Waals surface area contributed by atoms with Crippen LogP contribution in [0.25, 0.3) is 0 Å². The summed E-state index contributed by atoms with van der Waals surface area (Å²) >= 11 is 0. The van der Waals surface area contributed by atoms with Crippen LogP contribution in [-0.2, 0) is 14.3 Å². The molecule has 1 saturated carbocycles. The second kappa shape index (κ2) is 9.34. The summed E-state index contributed by atoms with van der Waals surface area (Å²) < 4.78 is 10.4. The highest BCUT2D eigenvalue weighted by atomic mass is 16.5. The highest BCUT2D eigenvalue weighted by molar-refractivity contribution is 5.75. The predicted octanol–water partition coefficient (Wildman–Crippen LogP) is 2.27. The van der Waals surface area contributed by atoms with Crippen LogP contribution in [0.15, 0.2) is 0 Å². The number of methoxy groups -OCH3 is 1. The zero-order chi connectivity index (χ0) is 13.2. The summed E-state index contributed by atoms with van der Waals surface area (Å²) in [5.74, 6) is -0.170. The Morgan fingerprint density at radius 3 is 2.67 bits per heavy atom. The van der Waals surface area contributed by atoms with Gasteiger partial charge in [0, 0.05) is 19.3 Å². The molecule has 106 valence electrons. The summed E-state index contributed by atoms with van der Waals surface area (Å²) in [6.45, 7) is 3.63. The van der Waals surface area contributed by atoms with Crippen molar-refractivity contribution in [2.45, 2.75) is 64.0 Å². The molecule has 1 N–H and O–H groups in total. The molecule has 0 aliphatic heterocycles. The summed E-state index contributed by atoms with van der Waals surface area (Å²) in [6.07, 6.45) is 7.92. The van der Waals surface area contributed by atoms with Crippen molar-refractivity contribution in [3.8, 4) is 0 Å². The van der Waals surface area contributed by atoms with Gasteiger partial charge in [-0.3, -0.25) is 4.79 Å². The second-order valence-electron chi connectivity index (χ2n) is 4.98. The number of esters is 1. The highest BCUT2D eigenvalue weighted by Crippen LogP contribution is 2.20. The lowest BCUT2D eigenvalue weighted by atomic mass is 10.2. The Bertz CT molecular complexity index is 229. The Labute approximate surface area is 110 Å². The van der Waals surface area contributed by atoms with Crippen molar-refractivity contribution in [2.75, 3.05) is 20.3 Å². The fourth-order valence-corrected chi connectivity index (χ4v) is 1.88. The Balaban J connectivity index is 2.03. The van der Waals surface area contributed by atoms with Gasteiger partial charge in [-0.05, 0) is 25.7 Å². The Kier molecular flexibility index (Phi) is 8.01. The molecule has 1 rings (SSSR count). The summed E-state index contributed by atoms with van der Waals surface area (Å²) in [7, 11) is 1.44. The number of hydrogen-bond acceptors (Lipinski definition) is 4. The maximum absolute atomic E-state index is 11.5. The van der Waals surface area contributed by atoms with Crippen LogP contribution in [0.4, 0.5) is 0 Å². The van der Waals surface area contributed by atoms with Crippen LogP contribution < -0.4 is 5.32 Å². The molecule has 0 aromatic heterocycles. The molecule has 1 aliphatic carbocycles. The topological polar surface area (TPSA) is 47.6 Å². The third-order valence-corrected chi connectivity index (χ3v) is 3.19. The highest BCUT2D eigenvalue weighted by Gasteiger charge is 2.28. The molecule has 0 bridgehead atoms. The number of ether oxygens (including phenoxy) is 2. The lowest BCUT2D eigenvalue weighted by Gasteiger charge is -2.16. The van der Waals surface area contributed by atoms with Crippen molar-refractivity contribution >= 4 is 5.97 Å². The van der Waals surface area contributed by atoms with E-state index in [4.69, 9.17) is 9.47 Å². The van der Waals surface area contributed by atoms with Crippen molar-refractivity contribution in [3.63, 3.8) is 0 Å². The lowest BCUT2D eigenvalue weighted by Crippen LogP contribution is -2.39. The molecule has 1 fully saturated rings. The number of nitrogens with one attached hydrogen (secondary N) is 1. The van der Waals surface area contributed by atoms with Gasteiger partial charge in [-0.1, -0.05) is 26.2 Å². The van der Waals surface area contributed by atoms with E-state index in [1.165, 1.54) is 39.2 Å². The molecular formula is C14H27NO3. The van der Waals surface area contributed by atoms with Crippen molar-refractivity contribution < 1.29 is 14.3 Å². The van der Waals surface area contributed by atoms with Gasteiger partial charge in [0.1, 0.15) is 6.04 Å². The molecule has 1 atom stereocenters. The van der Waals surface area contributed by atoms with Gasteiger partial charge in [-0.2, -0.15) is 0 Å². The molecule has 0 aromatic carbocycles. The van der Waals surface area contributed by atoms with E-state index in [-0.39, 0.29) is 12.0 Å². The van der Waals surface area contributed by atoms with Crippen molar-refractivity contribution in [1.82, 2.24) is 5.32 Å². The van der Waals surface area contributed by atoms with Crippen LogP contribution >= 0.6 is 0 Å². The molecule has 4 nitrogen and oxygen atoms in total. The van der Waals surface area contributed by atoms with Gasteiger partial charge in [0.15, 0.2) is 0 Å². The lowest BCUT2D eigenvalue weighted by molar-refractivity contribution is -0.143. The van der Waals surface area contributed by atoms with E-state index in [0.29, 0.717) is 19.1 Å². The number of hydrogen-bond donors (Lipinski definition) is 1. The molecule has 0 spiro atoms. The Hall–Kier alpha value is -0.610. The normalized spacial score (nSPS) is 16.6. The van der Waals surface area contributed by atoms with E-state index >= 15 is 0 Å². The molecule has 0 amide bonds. The van der Waals surface area contributed by atoms with Crippen molar-refractivity contribution in [1.29, 1.82) is 0 Å². The summed E-state index contributed by atoms with van der Waals surface area (Å²) in [5, 5.41) is 3.30. The smallest absolute Gasteiger partial charge is 0.322 e. The second-order valence-corrected chi connectivity index (χ2v) is 4.98. The first-order valence-electron chi connectivity index (χ1n) is 7.19. The maximum Gasteiger partial charge on any atom is 0.322 e. The quantitative estimate of drug-likeness (QED) is 0.455. The minimum absolute atomic E-state index is 0.170. The van der Waals surface area contributed by atoms with Gasteiger partial charge in [0.05, 0.1) is 7.11 Å². The Morgan fingerprint density at radius 1 is 1.28 bits per heavy atom. The zero-order valence-corrected chi connectivity index (χ0v) is 11.7. The molecule has 18 heavy (non-hydrogen) atoms. The van der Waals surface area contributed by atoms with Gasteiger partial charge < -0.3 is 14.8 Å². The Morgan fingerprint density at radius 2 is 2.06 bits per heavy atom.